The van der Waals surface area contributed by atoms with Crippen LogP contribution in [-0.4, -0.2) is 5.91 Å². The van der Waals surface area contributed by atoms with Crippen LogP contribution in [0.25, 0.3) is 0 Å². The molecule has 0 saturated heterocycles. The molecule has 4 N–H and O–H groups in total. The van der Waals surface area contributed by atoms with Crippen molar-refractivity contribution in [2.45, 2.75) is 6.92 Å². The summed E-state index contributed by atoms with van der Waals surface area (Å²) in [6.07, 6.45) is 1.36. The Morgan fingerprint density at radius 2 is 2.00 bits per heavy atom. The normalized spacial score (nSPS) is 10.7. The van der Waals surface area contributed by atoms with Crippen LogP contribution in [0.5, 0.6) is 0 Å². The van der Waals surface area contributed by atoms with E-state index >= 15 is 0 Å². The highest BCUT2D eigenvalue weighted by molar-refractivity contribution is 6.34. The van der Waals surface area contributed by atoms with E-state index in [9.17, 15) is 4.79 Å². The highest BCUT2D eigenvalue weighted by atomic mass is 35.5. The van der Waals surface area contributed by atoms with Gasteiger partial charge in [0.15, 0.2) is 0 Å². The van der Waals surface area contributed by atoms with E-state index in [4.69, 9.17) is 22.6 Å². The van der Waals surface area contributed by atoms with E-state index in [-0.39, 0.29) is 5.57 Å². The fraction of sp³-hybridized carbons (Fsp3) is 0.0588. The third-order valence-corrected chi connectivity index (χ3v) is 3.44. The molecule has 1 amide bonds. The zero-order chi connectivity index (χ0) is 16.8. The Kier molecular flexibility index (Phi) is 5.23. The average Bonchev–Trinajstić information content (AvgIpc) is 2.52. The summed E-state index contributed by atoms with van der Waals surface area (Å²) in [5.74, 6) is -0.555. The van der Waals surface area contributed by atoms with E-state index in [2.05, 4.69) is 10.6 Å². The zero-order valence-corrected chi connectivity index (χ0v) is 13.2. The molecule has 116 valence electrons. The van der Waals surface area contributed by atoms with Crippen LogP contribution in [0.2, 0.25) is 5.02 Å². The first kappa shape index (κ1) is 16.4. The summed E-state index contributed by atoms with van der Waals surface area (Å²) in [4.78, 5) is 12.2. The lowest BCUT2D eigenvalue weighted by molar-refractivity contribution is -0.112. The summed E-state index contributed by atoms with van der Waals surface area (Å²) in [6.45, 7) is 1.93. The molecule has 0 spiro atoms. The van der Waals surface area contributed by atoms with Crippen molar-refractivity contribution in [3.8, 4) is 6.07 Å². The Balaban J connectivity index is 2.14. The molecule has 0 aliphatic carbocycles. The summed E-state index contributed by atoms with van der Waals surface area (Å²) in [5, 5.41) is 15.0. The van der Waals surface area contributed by atoms with Gasteiger partial charge in [-0.15, -0.1) is 0 Å². The quantitative estimate of drug-likeness (QED) is 0.454. The molecular weight excluding hydrogens is 312 g/mol. The van der Waals surface area contributed by atoms with Crippen LogP contribution < -0.4 is 16.4 Å². The van der Waals surface area contributed by atoms with Crippen LogP contribution in [0.3, 0.4) is 0 Å². The number of nitrogen functional groups attached to an aromatic ring is 1. The van der Waals surface area contributed by atoms with Gasteiger partial charge in [-0.3, -0.25) is 4.79 Å². The Morgan fingerprint density at radius 3 is 2.65 bits per heavy atom. The molecular formula is C17H15ClN4O. The summed E-state index contributed by atoms with van der Waals surface area (Å²) in [5.41, 5.74) is 8.23. The largest absolute Gasteiger partial charge is 0.399 e. The van der Waals surface area contributed by atoms with Crippen LogP contribution in [0.1, 0.15) is 5.56 Å². The molecule has 0 saturated carbocycles. The number of carbonyl (C=O) groups excluding carboxylic acids is 1. The molecule has 0 atom stereocenters. The van der Waals surface area contributed by atoms with Crippen molar-refractivity contribution in [1.82, 2.24) is 0 Å². The van der Waals surface area contributed by atoms with Crippen LogP contribution in [0, 0.1) is 18.3 Å². The van der Waals surface area contributed by atoms with Crippen molar-refractivity contribution >= 4 is 34.6 Å². The summed E-state index contributed by atoms with van der Waals surface area (Å²) in [7, 11) is 0. The SMILES string of the molecule is Cc1ccccc1N/C=C(/C#N)C(=O)Nc1ccc(N)cc1Cl. The molecule has 2 aromatic carbocycles. The van der Waals surface area contributed by atoms with Crippen molar-refractivity contribution in [2.24, 2.45) is 0 Å². The summed E-state index contributed by atoms with van der Waals surface area (Å²) in [6, 6.07) is 14.1. The van der Waals surface area contributed by atoms with Gasteiger partial charge in [-0.2, -0.15) is 5.26 Å². The number of para-hydroxylation sites is 1. The van der Waals surface area contributed by atoms with Gasteiger partial charge in [0.05, 0.1) is 10.7 Å². The maximum absolute atomic E-state index is 12.2. The molecule has 0 radical (unpaired) electrons. The minimum atomic E-state index is -0.555. The van der Waals surface area contributed by atoms with Gasteiger partial charge < -0.3 is 16.4 Å². The van der Waals surface area contributed by atoms with Crippen LogP contribution in [0.15, 0.2) is 54.2 Å². The van der Waals surface area contributed by atoms with Gasteiger partial charge >= 0.3 is 0 Å². The number of nitriles is 1. The van der Waals surface area contributed by atoms with Crippen LogP contribution in [0.4, 0.5) is 17.1 Å². The second kappa shape index (κ2) is 7.34. The summed E-state index contributed by atoms with van der Waals surface area (Å²) < 4.78 is 0. The third-order valence-electron chi connectivity index (χ3n) is 3.12. The molecule has 23 heavy (non-hydrogen) atoms. The number of halogens is 1. The van der Waals surface area contributed by atoms with Crippen molar-refractivity contribution in [3.63, 3.8) is 0 Å². The fourth-order valence-electron chi connectivity index (χ4n) is 1.86. The van der Waals surface area contributed by atoms with Crippen LogP contribution >= 0.6 is 11.6 Å². The molecule has 0 aliphatic rings. The van der Waals surface area contributed by atoms with Gasteiger partial charge in [0, 0.05) is 17.6 Å². The number of rotatable bonds is 4. The number of aryl methyl sites for hydroxylation is 1. The van der Waals surface area contributed by atoms with E-state index in [1.165, 1.54) is 12.3 Å². The number of hydrogen-bond donors (Lipinski definition) is 3. The first-order chi connectivity index (χ1) is 11.0. The lowest BCUT2D eigenvalue weighted by atomic mass is 10.2. The maximum Gasteiger partial charge on any atom is 0.267 e. The molecule has 0 heterocycles. The van der Waals surface area contributed by atoms with E-state index in [1.807, 2.05) is 37.3 Å². The monoisotopic (exact) mass is 326 g/mol. The van der Waals surface area contributed by atoms with Gasteiger partial charge in [0.1, 0.15) is 11.6 Å². The first-order valence-corrected chi connectivity index (χ1v) is 7.18. The number of benzene rings is 2. The highest BCUT2D eigenvalue weighted by Gasteiger charge is 2.11. The van der Waals surface area contributed by atoms with Crippen molar-refractivity contribution in [2.75, 3.05) is 16.4 Å². The highest BCUT2D eigenvalue weighted by Crippen LogP contribution is 2.24. The van der Waals surface area contributed by atoms with Gasteiger partial charge in [0.25, 0.3) is 5.91 Å². The Morgan fingerprint density at radius 1 is 1.26 bits per heavy atom. The Bertz CT molecular complexity index is 808. The molecule has 0 fully saturated rings. The number of nitrogens with zero attached hydrogens (tertiary/aromatic N) is 1. The predicted octanol–water partition coefficient (Wildman–Crippen LogP) is 3.69. The minimum Gasteiger partial charge on any atom is -0.399 e. The number of anilines is 3. The second-order valence-corrected chi connectivity index (χ2v) is 5.23. The standard InChI is InChI=1S/C17H15ClN4O/c1-11-4-2-3-5-15(11)21-10-12(9-19)17(23)22-16-7-6-13(20)8-14(16)18/h2-8,10,21H,20H2,1H3,(H,22,23)/b12-10-. The van der Waals surface area contributed by atoms with E-state index in [0.29, 0.717) is 16.4 Å². The lowest BCUT2D eigenvalue weighted by Gasteiger charge is -2.08. The zero-order valence-electron chi connectivity index (χ0n) is 12.4. The Hall–Kier alpha value is -2.97. The van der Waals surface area contributed by atoms with E-state index < -0.39 is 5.91 Å². The first-order valence-electron chi connectivity index (χ1n) is 6.80. The predicted molar refractivity (Wildman–Crippen MR) is 93.0 cm³/mol. The number of amides is 1. The average molecular weight is 327 g/mol. The van der Waals surface area contributed by atoms with E-state index in [0.717, 1.165) is 11.3 Å². The molecule has 5 nitrogen and oxygen atoms in total. The fourth-order valence-corrected chi connectivity index (χ4v) is 2.09. The van der Waals surface area contributed by atoms with Crippen molar-refractivity contribution in [1.29, 1.82) is 5.26 Å². The number of nitrogens with two attached hydrogens (primary N) is 1. The molecule has 0 aromatic heterocycles. The second-order valence-electron chi connectivity index (χ2n) is 4.82. The van der Waals surface area contributed by atoms with Gasteiger partial charge in [-0.1, -0.05) is 29.8 Å². The third kappa shape index (κ3) is 4.25. The topological polar surface area (TPSA) is 90.9 Å². The van der Waals surface area contributed by atoms with E-state index in [1.54, 1.807) is 12.1 Å². The number of hydrogen-bond acceptors (Lipinski definition) is 4. The summed E-state index contributed by atoms with van der Waals surface area (Å²) >= 11 is 6.00. The maximum atomic E-state index is 12.2. The smallest absolute Gasteiger partial charge is 0.267 e. The Labute approximate surface area is 139 Å². The molecule has 2 aromatic rings. The number of carbonyl (C=O) groups is 1. The van der Waals surface area contributed by atoms with Gasteiger partial charge in [-0.25, -0.2) is 0 Å². The van der Waals surface area contributed by atoms with Crippen LogP contribution in [-0.2, 0) is 4.79 Å². The minimum absolute atomic E-state index is 0.0684. The van der Waals surface area contributed by atoms with Gasteiger partial charge in [0.2, 0.25) is 0 Å². The van der Waals surface area contributed by atoms with Gasteiger partial charge in [-0.05, 0) is 36.8 Å². The molecule has 0 unspecified atom stereocenters. The molecule has 2 rings (SSSR count). The number of nitrogens with one attached hydrogen (secondary N) is 2. The van der Waals surface area contributed by atoms with Crippen molar-refractivity contribution in [3.05, 3.63) is 64.8 Å². The van der Waals surface area contributed by atoms with Crippen molar-refractivity contribution < 1.29 is 4.79 Å². The molecule has 0 aliphatic heterocycles. The lowest BCUT2D eigenvalue weighted by Crippen LogP contribution is -2.15. The molecule has 0 bridgehead atoms. The molecule has 6 heteroatoms.